The molecule has 4 rings (SSSR count). The predicted octanol–water partition coefficient (Wildman–Crippen LogP) is 3.19. The number of anilines is 2. The highest BCUT2D eigenvalue weighted by molar-refractivity contribution is 6.03. The van der Waals surface area contributed by atoms with Gasteiger partial charge in [-0.05, 0) is 38.0 Å². The lowest BCUT2D eigenvalue weighted by molar-refractivity contribution is 0.102. The van der Waals surface area contributed by atoms with Gasteiger partial charge < -0.3 is 19.7 Å². The third-order valence-corrected chi connectivity index (χ3v) is 4.76. The number of carbonyl (C=O) groups excluding carboxylic acids is 1. The molecule has 27 heavy (non-hydrogen) atoms. The number of ether oxygens (including phenoxy) is 2. The normalized spacial score (nSPS) is 16.6. The van der Waals surface area contributed by atoms with Gasteiger partial charge in [0.2, 0.25) is 5.95 Å². The van der Waals surface area contributed by atoms with Gasteiger partial charge in [0.05, 0.1) is 0 Å². The smallest absolute Gasteiger partial charge is 0.274 e. The van der Waals surface area contributed by atoms with Crippen LogP contribution in [0.2, 0.25) is 0 Å². The molecule has 1 saturated heterocycles. The van der Waals surface area contributed by atoms with Crippen molar-refractivity contribution in [3.05, 3.63) is 35.7 Å². The number of amides is 1. The molecular weight excluding hydrogens is 344 g/mol. The molecule has 0 spiro atoms. The summed E-state index contributed by atoms with van der Waals surface area (Å²) in [5.41, 5.74) is 1.81. The maximum absolute atomic E-state index is 12.7. The first-order valence-electron chi connectivity index (χ1n) is 9.51. The maximum Gasteiger partial charge on any atom is 0.274 e. The maximum atomic E-state index is 12.7. The summed E-state index contributed by atoms with van der Waals surface area (Å²) in [6.45, 7) is 4.82. The van der Waals surface area contributed by atoms with Gasteiger partial charge in [0.15, 0.2) is 11.5 Å². The molecule has 1 aromatic carbocycles. The van der Waals surface area contributed by atoms with Crippen molar-refractivity contribution >= 4 is 17.5 Å². The van der Waals surface area contributed by atoms with Gasteiger partial charge in [0.1, 0.15) is 18.9 Å². The van der Waals surface area contributed by atoms with Gasteiger partial charge >= 0.3 is 0 Å². The Labute approximate surface area is 158 Å². The lowest BCUT2D eigenvalue weighted by Crippen LogP contribution is -2.27. The molecule has 0 unspecified atom stereocenters. The Balaban J connectivity index is 1.53. The number of nitrogens with zero attached hydrogens (tertiary/aromatic N) is 3. The predicted molar refractivity (Wildman–Crippen MR) is 103 cm³/mol. The lowest BCUT2D eigenvalue weighted by atomic mass is 10.2. The number of hydrogen-bond acceptors (Lipinski definition) is 6. The van der Waals surface area contributed by atoms with E-state index in [-0.39, 0.29) is 5.91 Å². The van der Waals surface area contributed by atoms with Crippen LogP contribution in [0.3, 0.4) is 0 Å². The first-order valence-corrected chi connectivity index (χ1v) is 9.51. The van der Waals surface area contributed by atoms with Crippen LogP contribution in [0.1, 0.15) is 41.9 Å². The van der Waals surface area contributed by atoms with E-state index in [1.807, 2.05) is 6.92 Å². The van der Waals surface area contributed by atoms with Crippen LogP contribution in [0.15, 0.2) is 24.3 Å². The molecule has 0 bridgehead atoms. The molecule has 1 fully saturated rings. The van der Waals surface area contributed by atoms with Gasteiger partial charge in [-0.25, -0.2) is 9.97 Å². The van der Waals surface area contributed by atoms with Crippen LogP contribution >= 0.6 is 0 Å². The van der Waals surface area contributed by atoms with Crippen molar-refractivity contribution in [1.82, 2.24) is 9.97 Å². The fourth-order valence-corrected chi connectivity index (χ4v) is 3.40. The Hall–Kier alpha value is -2.83. The molecule has 0 radical (unpaired) electrons. The molecule has 1 amide bonds. The van der Waals surface area contributed by atoms with Crippen molar-refractivity contribution in [2.75, 3.05) is 36.5 Å². The Morgan fingerprint density at radius 1 is 1.00 bits per heavy atom. The SMILES string of the molecule is Cc1cc(C(=O)Nc2ccc3c(c2)OCCO3)nc(N2CCCCCC2)n1. The summed E-state index contributed by atoms with van der Waals surface area (Å²) >= 11 is 0. The highest BCUT2D eigenvalue weighted by atomic mass is 16.6. The van der Waals surface area contributed by atoms with Crippen LogP contribution < -0.4 is 19.7 Å². The summed E-state index contributed by atoms with van der Waals surface area (Å²) in [5.74, 6) is 1.72. The number of aryl methyl sites for hydroxylation is 1. The first-order chi connectivity index (χ1) is 13.2. The van der Waals surface area contributed by atoms with Crippen molar-refractivity contribution in [2.24, 2.45) is 0 Å². The summed E-state index contributed by atoms with van der Waals surface area (Å²) in [6, 6.07) is 7.10. The van der Waals surface area contributed by atoms with Gasteiger partial charge in [-0.2, -0.15) is 0 Å². The van der Waals surface area contributed by atoms with Crippen LogP contribution in [0.5, 0.6) is 11.5 Å². The third kappa shape index (κ3) is 4.13. The minimum Gasteiger partial charge on any atom is -0.486 e. The zero-order valence-corrected chi connectivity index (χ0v) is 15.5. The minimum atomic E-state index is -0.256. The zero-order valence-electron chi connectivity index (χ0n) is 15.5. The number of fused-ring (bicyclic) bond motifs is 1. The molecular formula is C20H24N4O3. The van der Waals surface area contributed by atoms with Crippen molar-refractivity contribution in [2.45, 2.75) is 32.6 Å². The van der Waals surface area contributed by atoms with Gasteiger partial charge in [-0.1, -0.05) is 12.8 Å². The number of nitrogens with one attached hydrogen (secondary N) is 1. The fourth-order valence-electron chi connectivity index (χ4n) is 3.40. The molecule has 2 aromatic rings. The summed E-state index contributed by atoms with van der Waals surface area (Å²) in [4.78, 5) is 24.0. The first kappa shape index (κ1) is 17.6. The van der Waals surface area contributed by atoms with Crippen molar-refractivity contribution in [1.29, 1.82) is 0 Å². The quantitative estimate of drug-likeness (QED) is 0.897. The monoisotopic (exact) mass is 368 g/mol. The van der Waals surface area contributed by atoms with Crippen LogP contribution in [0.25, 0.3) is 0 Å². The van der Waals surface area contributed by atoms with Crippen LogP contribution in [-0.4, -0.2) is 42.2 Å². The minimum absolute atomic E-state index is 0.256. The van der Waals surface area contributed by atoms with E-state index in [2.05, 4.69) is 20.2 Å². The second-order valence-electron chi connectivity index (χ2n) is 6.91. The number of hydrogen-bond donors (Lipinski definition) is 1. The zero-order chi connectivity index (χ0) is 18.6. The molecule has 0 atom stereocenters. The average Bonchev–Trinajstić information content (AvgIpc) is 2.97. The molecule has 0 aliphatic carbocycles. The molecule has 1 aromatic heterocycles. The molecule has 142 valence electrons. The van der Waals surface area contributed by atoms with Gasteiger partial charge in [0, 0.05) is 30.5 Å². The molecule has 2 aliphatic heterocycles. The Morgan fingerprint density at radius 3 is 2.52 bits per heavy atom. The second-order valence-corrected chi connectivity index (χ2v) is 6.91. The molecule has 3 heterocycles. The number of carbonyl (C=O) groups is 1. The van der Waals surface area contributed by atoms with Crippen molar-refractivity contribution in [3.8, 4) is 11.5 Å². The average molecular weight is 368 g/mol. The summed E-state index contributed by atoms with van der Waals surface area (Å²) in [6.07, 6.45) is 4.74. The number of rotatable bonds is 3. The Morgan fingerprint density at radius 2 is 1.74 bits per heavy atom. The topological polar surface area (TPSA) is 76.6 Å². The van der Waals surface area contributed by atoms with E-state index in [9.17, 15) is 4.79 Å². The van der Waals surface area contributed by atoms with E-state index in [0.717, 1.165) is 31.6 Å². The van der Waals surface area contributed by atoms with Gasteiger partial charge in [0.25, 0.3) is 5.91 Å². The van der Waals surface area contributed by atoms with E-state index >= 15 is 0 Å². The fraction of sp³-hybridized carbons (Fsp3) is 0.450. The summed E-state index contributed by atoms with van der Waals surface area (Å²) in [7, 11) is 0. The van der Waals surface area contributed by atoms with E-state index in [1.165, 1.54) is 12.8 Å². The Kier molecular flexibility index (Phi) is 5.09. The van der Waals surface area contributed by atoms with Crippen LogP contribution in [0, 0.1) is 6.92 Å². The van der Waals surface area contributed by atoms with E-state index < -0.39 is 0 Å². The third-order valence-electron chi connectivity index (χ3n) is 4.76. The van der Waals surface area contributed by atoms with Crippen molar-refractivity contribution < 1.29 is 14.3 Å². The van der Waals surface area contributed by atoms with Crippen LogP contribution in [0.4, 0.5) is 11.6 Å². The molecule has 7 nitrogen and oxygen atoms in total. The molecule has 1 N–H and O–H groups in total. The number of benzene rings is 1. The highest BCUT2D eigenvalue weighted by Gasteiger charge is 2.18. The van der Waals surface area contributed by atoms with E-state index in [0.29, 0.717) is 42.0 Å². The molecule has 2 aliphatic rings. The highest BCUT2D eigenvalue weighted by Crippen LogP contribution is 2.32. The van der Waals surface area contributed by atoms with Crippen LogP contribution in [-0.2, 0) is 0 Å². The van der Waals surface area contributed by atoms with E-state index in [1.54, 1.807) is 24.3 Å². The molecule has 7 heteroatoms. The number of aromatic nitrogens is 2. The standard InChI is InChI=1S/C20H24N4O3/c1-14-12-16(23-20(21-14)24-8-4-2-3-5-9-24)19(25)22-15-6-7-17-18(13-15)27-11-10-26-17/h6-7,12-13H,2-5,8-11H2,1H3,(H,22,25). The Bertz CT molecular complexity index is 832. The summed E-state index contributed by atoms with van der Waals surface area (Å²) < 4.78 is 11.1. The molecule has 0 saturated carbocycles. The van der Waals surface area contributed by atoms with Crippen molar-refractivity contribution in [3.63, 3.8) is 0 Å². The summed E-state index contributed by atoms with van der Waals surface area (Å²) in [5, 5.41) is 2.89. The van der Waals surface area contributed by atoms with Gasteiger partial charge in [-0.3, -0.25) is 4.79 Å². The largest absolute Gasteiger partial charge is 0.486 e. The lowest BCUT2D eigenvalue weighted by Gasteiger charge is -2.21. The second kappa shape index (κ2) is 7.82. The van der Waals surface area contributed by atoms with E-state index in [4.69, 9.17) is 9.47 Å². The van der Waals surface area contributed by atoms with Gasteiger partial charge in [-0.15, -0.1) is 0 Å².